The van der Waals surface area contributed by atoms with Crippen molar-refractivity contribution in [3.8, 4) is 0 Å². The number of aliphatic hydroxyl groups is 1. The largest absolute Gasteiger partial charge is 0.472 e. The number of rotatable bonds is 79. The predicted molar refractivity (Wildman–Crippen MR) is 400 cm³/mol. The highest BCUT2D eigenvalue weighted by molar-refractivity contribution is 7.47. The van der Waals surface area contributed by atoms with Gasteiger partial charge < -0.3 is 33.8 Å². The maximum absolute atomic E-state index is 13.1. The van der Waals surface area contributed by atoms with Crippen LogP contribution >= 0.6 is 15.6 Å². The van der Waals surface area contributed by atoms with Crippen LogP contribution in [0.3, 0.4) is 0 Å². The first-order valence-corrected chi connectivity index (χ1v) is 44.2. The first-order chi connectivity index (χ1) is 47.6. The third-order valence-electron chi connectivity index (χ3n) is 18.9. The Morgan fingerprint density at radius 1 is 0.286 bits per heavy atom. The van der Waals surface area contributed by atoms with Crippen LogP contribution < -0.4 is 0 Å². The molecule has 0 fully saturated rings. The molecule has 0 aromatic rings. The van der Waals surface area contributed by atoms with Crippen molar-refractivity contribution in [2.24, 2.45) is 5.92 Å². The molecule has 0 rings (SSSR count). The summed E-state index contributed by atoms with van der Waals surface area (Å²) in [7, 11) is -9.91. The van der Waals surface area contributed by atoms with Crippen molar-refractivity contribution in [3.05, 3.63) is 0 Å². The Kier molecular flexibility index (Phi) is 70.6. The Hall–Kier alpha value is -1.94. The van der Waals surface area contributed by atoms with E-state index in [4.69, 9.17) is 37.0 Å². The lowest BCUT2D eigenvalue weighted by molar-refractivity contribution is -0.161. The summed E-state index contributed by atoms with van der Waals surface area (Å²) in [5.41, 5.74) is 0. The Labute approximate surface area is 600 Å². The van der Waals surface area contributed by atoms with E-state index in [1.165, 1.54) is 238 Å². The van der Waals surface area contributed by atoms with Crippen molar-refractivity contribution < 1.29 is 80.2 Å². The van der Waals surface area contributed by atoms with E-state index >= 15 is 0 Å². The van der Waals surface area contributed by atoms with E-state index in [2.05, 4.69) is 34.6 Å². The van der Waals surface area contributed by atoms with Gasteiger partial charge in [-0.2, -0.15) is 0 Å². The summed E-state index contributed by atoms with van der Waals surface area (Å²) in [4.78, 5) is 72.8. The Bertz CT molecular complexity index is 1880. The molecule has 0 saturated heterocycles. The smallest absolute Gasteiger partial charge is 0.462 e. The minimum Gasteiger partial charge on any atom is -0.462 e. The normalized spacial score (nSPS) is 14.2. The second-order valence-electron chi connectivity index (χ2n) is 28.7. The number of esters is 4. The Morgan fingerprint density at radius 3 is 0.724 bits per heavy atom. The van der Waals surface area contributed by atoms with Crippen molar-refractivity contribution in [2.75, 3.05) is 39.6 Å². The Balaban J connectivity index is 5.16. The average molecular weight is 1440 g/mol. The maximum Gasteiger partial charge on any atom is 0.472 e. The van der Waals surface area contributed by atoms with Gasteiger partial charge >= 0.3 is 39.5 Å². The fraction of sp³-hybridized carbons (Fsp3) is 0.949. The van der Waals surface area contributed by atoms with Crippen LogP contribution in [-0.2, 0) is 65.4 Å². The van der Waals surface area contributed by atoms with Crippen molar-refractivity contribution in [2.45, 2.75) is 438 Å². The molecule has 0 aromatic heterocycles. The van der Waals surface area contributed by atoms with Crippen molar-refractivity contribution in [1.29, 1.82) is 0 Å². The van der Waals surface area contributed by atoms with Crippen LogP contribution in [0, 0.1) is 5.92 Å². The summed E-state index contributed by atoms with van der Waals surface area (Å²) >= 11 is 0. The fourth-order valence-electron chi connectivity index (χ4n) is 12.2. The van der Waals surface area contributed by atoms with Crippen molar-refractivity contribution >= 4 is 39.5 Å². The Morgan fingerprint density at radius 2 is 0.490 bits per heavy atom. The molecule has 0 aromatic carbocycles. The van der Waals surface area contributed by atoms with Gasteiger partial charge in [0, 0.05) is 25.7 Å². The van der Waals surface area contributed by atoms with Crippen LogP contribution in [0.15, 0.2) is 0 Å². The summed E-state index contributed by atoms with van der Waals surface area (Å²) in [5, 5.41) is 10.6. The van der Waals surface area contributed by atoms with Crippen LogP contribution in [-0.4, -0.2) is 96.7 Å². The number of hydrogen-bond acceptors (Lipinski definition) is 15. The van der Waals surface area contributed by atoms with Crippen LogP contribution in [0.5, 0.6) is 0 Å². The van der Waals surface area contributed by atoms with Gasteiger partial charge in [-0.05, 0) is 31.6 Å². The molecule has 0 saturated carbocycles. The predicted octanol–water partition coefficient (Wildman–Crippen LogP) is 23.6. The molecule has 0 aliphatic carbocycles. The van der Waals surface area contributed by atoms with Crippen LogP contribution in [0.2, 0.25) is 0 Å². The van der Waals surface area contributed by atoms with Gasteiger partial charge in [0.05, 0.1) is 26.4 Å². The number of aliphatic hydroxyl groups excluding tert-OH is 1. The number of phosphoric acid groups is 2. The maximum atomic E-state index is 13.1. The SMILES string of the molecule is CCCCCCCCCCCCCCCCCCCCCCC(=O)OC[C@H](COP(=O)(O)OC[C@@H](O)COP(=O)(O)OC[C@@H](COC(=O)CCCCCCCCCC)OC(=O)CCCCCCCCC(C)CC)OC(=O)CCCCCCCCCCCCCCCCCCCCCC. The summed E-state index contributed by atoms with van der Waals surface area (Å²) in [6.45, 7) is 7.23. The molecule has 0 aliphatic rings. The van der Waals surface area contributed by atoms with Crippen molar-refractivity contribution in [3.63, 3.8) is 0 Å². The highest BCUT2D eigenvalue weighted by Crippen LogP contribution is 2.45. The number of ether oxygens (including phenoxy) is 4. The monoisotopic (exact) mass is 1440 g/mol. The van der Waals surface area contributed by atoms with E-state index in [1.54, 1.807) is 0 Å². The third kappa shape index (κ3) is 71.1. The standard InChI is InChI=1S/C79H154O17P2/c1-6-10-13-16-19-22-24-26-28-30-32-34-36-38-40-42-44-47-53-58-63-77(82)90-68-74(95-78(83)64-59-54-48-45-43-41-39-37-35-33-31-29-27-25-23-20-17-14-11-7-2)70-93-97(85,86)91-66-73(80)67-92-98(87,88)94-71-75(69-89-76(81)62-57-52-46-21-18-15-12-8-3)96-79(84)65-60-55-50-49-51-56-61-72(5)9-4/h72-75,80H,6-71H2,1-5H3,(H,85,86)(H,87,88)/t72?,73-,74-,75-/m1/s1. The van der Waals surface area contributed by atoms with Gasteiger partial charge in [0.25, 0.3) is 0 Å². The lowest BCUT2D eigenvalue weighted by Gasteiger charge is -2.21. The number of phosphoric ester groups is 2. The van der Waals surface area contributed by atoms with E-state index in [-0.39, 0.29) is 25.7 Å². The number of unbranched alkanes of at least 4 members (excludes halogenated alkanes) is 50. The van der Waals surface area contributed by atoms with Gasteiger partial charge in [-0.1, -0.05) is 369 Å². The van der Waals surface area contributed by atoms with Gasteiger partial charge in [0.1, 0.15) is 19.3 Å². The zero-order valence-electron chi connectivity index (χ0n) is 63.9. The number of carbonyl (C=O) groups is 4. The molecule has 19 heteroatoms. The number of carbonyl (C=O) groups excluding carboxylic acids is 4. The van der Waals surface area contributed by atoms with Crippen LogP contribution in [0.1, 0.15) is 420 Å². The van der Waals surface area contributed by atoms with E-state index in [0.717, 1.165) is 102 Å². The van der Waals surface area contributed by atoms with Gasteiger partial charge in [0.15, 0.2) is 12.2 Å². The van der Waals surface area contributed by atoms with Crippen LogP contribution in [0.25, 0.3) is 0 Å². The molecular weight excluding hydrogens is 1280 g/mol. The fourth-order valence-corrected chi connectivity index (χ4v) is 13.8. The first kappa shape index (κ1) is 96.1. The zero-order chi connectivity index (χ0) is 71.9. The molecule has 98 heavy (non-hydrogen) atoms. The van der Waals surface area contributed by atoms with Gasteiger partial charge in [-0.3, -0.25) is 37.3 Å². The van der Waals surface area contributed by atoms with Crippen LogP contribution in [0.4, 0.5) is 0 Å². The highest BCUT2D eigenvalue weighted by Gasteiger charge is 2.30. The molecular formula is C79H154O17P2. The quantitative estimate of drug-likeness (QED) is 0.0222. The van der Waals surface area contributed by atoms with Gasteiger partial charge in [-0.25, -0.2) is 9.13 Å². The topological polar surface area (TPSA) is 237 Å². The summed E-state index contributed by atoms with van der Waals surface area (Å²) in [6, 6.07) is 0. The van der Waals surface area contributed by atoms with E-state index < -0.39 is 97.5 Å². The van der Waals surface area contributed by atoms with Gasteiger partial charge in [0.2, 0.25) is 0 Å². The average Bonchev–Trinajstić information content (AvgIpc) is 1.82. The molecule has 0 radical (unpaired) electrons. The molecule has 0 bridgehead atoms. The highest BCUT2D eigenvalue weighted by atomic mass is 31.2. The molecule has 17 nitrogen and oxygen atoms in total. The first-order valence-electron chi connectivity index (χ1n) is 41.2. The van der Waals surface area contributed by atoms with E-state index in [0.29, 0.717) is 25.7 Å². The summed E-state index contributed by atoms with van der Waals surface area (Å²) in [6.07, 6.45) is 62.8. The molecule has 0 aliphatic heterocycles. The molecule has 0 heterocycles. The summed E-state index contributed by atoms with van der Waals surface area (Å²) < 4.78 is 68.5. The molecule has 0 spiro atoms. The third-order valence-corrected chi connectivity index (χ3v) is 20.8. The molecule has 582 valence electrons. The molecule has 3 unspecified atom stereocenters. The van der Waals surface area contributed by atoms with Gasteiger partial charge in [-0.15, -0.1) is 0 Å². The lowest BCUT2D eigenvalue weighted by atomic mass is 10.00. The molecule has 6 atom stereocenters. The molecule has 0 amide bonds. The van der Waals surface area contributed by atoms with Crippen molar-refractivity contribution in [1.82, 2.24) is 0 Å². The lowest BCUT2D eigenvalue weighted by Crippen LogP contribution is -2.30. The van der Waals surface area contributed by atoms with E-state index in [9.17, 15) is 43.2 Å². The summed E-state index contributed by atoms with van der Waals surface area (Å²) in [5.74, 6) is -1.40. The zero-order valence-corrected chi connectivity index (χ0v) is 65.7. The second-order valence-corrected chi connectivity index (χ2v) is 31.6. The minimum absolute atomic E-state index is 0.103. The number of hydrogen-bond donors (Lipinski definition) is 3. The minimum atomic E-state index is -4.96. The molecule has 3 N–H and O–H groups in total. The van der Waals surface area contributed by atoms with E-state index in [1.807, 2.05) is 0 Å². The second kappa shape index (κ2) is 72.0.